The lowest BCUT2D eigenvalue weighted by atomic mass is 9.90. The molecule has 35 heavy (non-hydrogen) atoms. The van der Waals surface area contributed by atoms with E-state index in [-0.39, 0.29) is 12.1 Å². The maximum atomic E-state index is 12.4. The maximum absolute atomic E-state index is 12.4. The van der Waals surface area contributed by atoms with Gasteiger partial charge in [0.15, 0.2) is 0 Å². The number of ether oxygens (including phenoxy) is 1. The van der Waals surface area contributed by atoms with Gasteiger partial charge < -0.3 is 20.7 Å². The Labute approximate surface area is 205 Å². The molecule has 1 aliphatic carbocycles. The fraction of sp³-hybridized carbons (Fsp3) is 0.385. The number of alkyl carbamates (subject to hydrolysis) is 1. The first-order valence-corrected chi connectivity index (χ1v) is 11.8. The van der Waals surface area contributed by atoms with E-state index in [2.05, 4.69) is 32.2 Å². The summed E-state index contributed by atoms with van der Waals surface area (Å²) >= 11 is 0. The molecule has 1 aromatic heterocycles. The number of carbonyl (C=O) groups is 1. The Morgan fingerprint density at radius 2 is 1.80 bits per heavy atom. The van der Waals surface area contributed by atoms with Crippen molar-refractivity contribution < 1.29 is 9.53 Å². The van der Waals surface area contributed by atoms with E-state index in [1.54, 1.807) is 18.5 Å². The number of carbonyl (C=O) groups excluding carboxylic acids is 1. The lowest BCUT2D eigenvalue weighted by Crippen LogP contribution is -2.49. The molecule has 3 aromatic rings. The summed E-state index contributed by atoms with van der Waals surface area (Å²) in [5.74, 6) is 0. The SMILES string of the molecule is CC(C)(C)OC(=O)N[C@H]1CCCC[C@H]1Nc1ccc(C#N)c(Nc2cccc(-n3nccn3)c2)c1. The van der Waals surface area contributed by atoms with Gasteiger partial charge in [-0.1, -0.05) is 18.9 Å². The molecular formula is C26H31N7O2. The summed E-state index contributed by atoms with van der Waals surface area (Å²) in [4.78, 5) is 13.9. The smallest absolute Gasteiger partial charge is 0.407 e. The molecule has 0 spiro atoms. The predicted octanol–water partition coefficient (Wildman–Crippen LogP) is 5.13. The van der Waals surface area contributed by atoms with Crippen LogP contribution in [0.5, 0.6) is 0 Å². The first-order chi connectivity index (χ1) is 16.8. The molecule has 9 nitrogen and oxygen atoms in total. The van der Waals surface area contributed by atoms with Crippen LogP contribution in [-0.2, 0) is 4.74 Å². The first-order valence-electron chi connectivity index (χ1n) is 11.8. The van der Waals surface area contributed by atoms with Gasteiger partial charge >= 0.3 is 6.09 Å². The molecule has 1 fully saturated rings. The number of hydrogen-bond acceptors (Lipinski definition) is 7. The second-order valence-electron chi connectivity index (χ2n) is 9.65. The van der Waals surface area contributed by atoms with Crippen molar-refractivity contribution >= 4 is 23.2 Å². The van der Waals surface area contributed by atoms with Crippen LogP contribution in [0.2, 0.25) is 0 Å². The van der Waals surface area contributed by atoms with Crippen LogP contribution in [0.3, 0.4) is 0 Å². The molecule has 2 aromatic carbocycles. The van der Waals surface area contributed by atoms with E-state index < -0.39 is 11.7 Å². The van der Waals surface area contributed by atoms with Crippen molar-refractivity contribution in [2.24, 2.45) is 0 Å². The van der Waals surface area contributed by atoms with Crippen molar-refractivity contribution in [1.82, 2.24) is 20.3 Å². The zero-order chi connectivity index (χ0) is 24.8. The maximum Gasteiger partial charge on any atom is 0.407 e. The molecule has 2 atom stereocenters. The molecule has 182 valence electrons. The molecule has 9 heteroatoms. The Balaban J connectivity index is 1.50. The standard InChI is InChI=1S/C26H31N7O2/c1-26(2,3)35-25(34)32-23-10-5-4-9-22(23)30-20-12-11-18(17-27)24(16-20)31-19-7-6-8-21(15-19)33-28-13-14-29-33/h6-8,11-16,22-23,30-31H,4-5,9-10H2,1-3H3,(H,32,34)/t22-,23+/m1/s1. The minimum Gasteiger partial charge on any atom is -0.444 e. The molecule has 0 aliphatic heterocycles. The molecule has 1 heterocycles. The second kappa shape index (κ2) is 10.5. The fourth-order valence-corrected chi connectivity index (χ4v) is 4.20. The van der Waals surface area contributed by atoms with E-state index in [1.165, 1.54) is 4.80 Å². The highest BCUT2D eigenvalue weighted by Gasteiger charge is 2.28. The molecule has 0 unspecified atom stereocenters. The largest absolute Gasteiger partial charge is 0.444 e. The van der Waals surface area contributed by atoms with Gasteiger partial charge in [0.05, 0.1) is 35.4 Å². The van der Waals surface area contributed by atoms with Crippen LogP contribution in [-0.4, -0.2) is 38.8 Å². The average molecular weight is 474 g/mol. The van der Waals surface area contributed by atoms with Gasteiger partial charge in [-0.05, 0) is 70.0 Å². The van der Waals surface area contributed by atoms with Crippen LogP contribution in [0.1, 0.15) is 52.0 Å². The number of amides is 1. The number of benzene rings is 2. The monoisotopic (exact) mass is 473 g/mol. The van der Waals surface area contributed by atoms with Gasteiger partial charge in [-0.3, -0.25) is 0 Å². The molecular weight excluding hydrogens is 442 g/mol. The van der Waals surface area contributed by atoms with Crippen LogP contribution < -0.4 is 16.0 Å². The lowest BCUT2D eigenvalue weighted by molar-refractivity contribution is 0.0488. The Morgan fingerprint density at radius 3 is 2.51 bits per heavy atom. The molecule has 3 N–H and O–H groups in total. The number of nitrogens with one attached hydrogen (secondary N) is 3. The fourth-order valence-electron chi connectivity index (χ4n) is 4.20. The van der Waals surface area contributed by atoms with Gasteiger partial charge in [-0.15, -0.1) is 0 Å². The van der Waals surface area contributed by atoms with Gasteiger partial charge in [0.25, 0.3) is 0 Å². The molecule has 1 saturated carbocycles. The molecule has 1 amide bonds. The zero-order valence-electron chi connectivity index (χ0n) is 20.3. The number of hydrogen-bond donors (Lipinski definition) is 3. The van der Waals surface area contributed by atoms with Crippen molar-refractivity contribution in [2.45, 2.75) is 64.1 Å². The zero-order valence-corrected chi connectivity index (χ0v) is 20.3. The van der Waals surface area contributed by atoms with Crippen molar-refractivity contribution in [1.29, 1.82) is 5.26 Å². The highest BCUT2D eigenvalue weighted by Crippen LogP contribution is 2.28. The number of nitriles is 1. The minimum absolute atomic E-state index is 0.0381. The summed E-state index contributed by atoms with van der Waals surface area (Å²) in [5.41, 5.74) is 3.18. The summed E-state index contributed by atoms with van der Waals surface area (Å²) in [6, 6.07) is 15.6. The van der Waals surface area contributed by atoms with E-state index in [1.807, 2.05) is 57.2 Å². The van der Waals surface area contributed by atoms with Crippen molar-refractivity contribution in [3.8, 4) is 11.8 Å². The second-order valence-corrected chi connectivity index (χ2v) is 9.65. The van der Waals surface area contributed by atoms with Gasteiger partial charge in [0.2, 0.25) is 0 Å². The van der Waals surface area contributed by atoms with Crippen molar-refractivity contribution in [2.75, 3.05) is 10.6 Å². The van der Waals surface area contributed by atoms with E-state index >= 15 is 0 Å². The van der Waals surface area contributed by atoms with Crippen molar-refractivity contribution in [3.05, 3.63) is 60.4 Å². The summed E-state index contributed by atoms with van der Waals surface area (Å²) in [5, 5.41) is 27.9. The number of anilines is 3. The summed E-state index contributed by atoms with van der Waals surface area (Å²) in [6.07, 6.45) is 6.80. The van der Waals surface area contributed by atoms with Gasteiger partial charge in [-0.25, -0.2) is 4.79 Å². The third-order valence-corrected chi connectivity index (χ3v) is 5.74. The van der Waals surface area contributed by atoms with Crippen molar-refractivity contribution in [3.63, 3.8) is 0 Å². The van der Waals surface area contributed by atoms with Gasteiger partial charge in [-0.2, -0.15) is 20.3 Å². The molecule has 0 radical (unpaired) electrons. The number of aromatic nitrogens is 3. The van der Waals surface area contributed by atoms with E-state index in [0.717, 1.165) is 42.7 Å². The van der Waals surface area contributed by atoms with Crippen LogP contribution in [0.4, 0.5) is 21.9 Å². The summed E-state index contributed by atoms with van der Waals surface area (Å²) in [7, 11) is 0. The predicted molar refractivity (Wildman–Crippen MR) is 135 cm³/mol. The topological polar surface area (TPSA) is 117 Å². The van der Waals surface area contributed by atoms with E-state index in [0.29, 0.717) is 11.3 Å². The van der Waals surface area contributed by atoms with E-state index in [9.17, 15) is 10.1 Å². The average Bonchev–Trinajstić information content (AvgIpc) is 3.35. The molecule has 0 saturated heterocycles. The molecule has 4 rings (SSSR count). The van der Waals surface area contributed by atoms with Crippen LogP contribution in [0, 0.1) is 11.3 Å². The summed E-state index contributed by atoms with van der Waals surface area (Å²) in [6.45, 7) is 5.57. The Hall–Kier alpha value is -4.06. The summed E-state index contributed by atoms with van der Waals surface area (Å²) < 4.78 is 5.46. The first kappa shape index (κ1) is 24.1. The van der Waals surface area contributed by atoms with Gasteiger partial charge in [0, 0.05) is 17.4 Å². The minimum atomic E-state index is -0.542. The number of nitrogens with zero attached hydrogens (tertiary/aromatic N) is 4. The van der Waals surface area contributed by atoms with Crippen LogP contribution >= 0.6 is 0 Å². The third-order valence-electron chi connectivity index (χ3n) is 5.74. The lowest BCUT2D eigenvalue weighted by Gasteiger charge is -2.34. The third kappa shape index (κ3) is 6.51. The number of rotatable bonds is 6. The van der Waals surface area contributed by atoms with Gasteiger partial charge in [0.1, 0.15) is 11.7 Å². The van der Waals surface area contributed by atoms with Crippen LogP contribution in [0.25, 0.3) is 5.69 Å². The Kier molecular flexibility index (Phi) is 7.20. The normalized spacial score (nSPS) is 17.8. The Morgan fingerprint density at radius 1 is 1.06 bits per heavy atom. The van der Waals surface area contributed by atoms with E-state index in [4.69, 9.17) is 4.74 Å². The Bertz CT molecular complexity index is 1200. The van der Waals surface area contributed by atoms with Crippen LogP contribution in [0.15, 0.2) is 54.9 Å². The quantitative estimate of drug-likeness (QED) is 0.454. The molecule has 1 aliphatic rings. The molecule has 0 bridgehead atoms. The highest BCUT2D eigenvalue weighted by atomic mass is 16.6. The highest BCUT2D eigenvalue weighted by molar-refractivity contribution is 5.72.